The molecule has 0 saturated heterocycles. The summed E-state index contributed by atoms with van der Waals surface area (Å²) in [7, 11) is 0. The molecule has 1 aromatic carbocycles. The van der Waals surface area contributed by atoms with Gasteiger partial charge in [-0.1, -0.05) is 43.1 Å². The Morgan fingerprint density at radius 3 is 2.44 bits per heavy atom. The molecule has 16 heavy (non-hydrogen) atoms. The summed E-state index contributed by atoms with van der Waals surface area (Å²) < 4.78 is 0. The van der Waals surface area contributed by atoms with Gasteiger partial charge in [-0.3, -0.25) is 0 Å². The maximum absolute atomic E-state index is 6.12. The van der Waals surface area contributed by atoms with Crippen LogP contribution in [-0.4, -0.2) is 13.1 Å². The highest BCUT2D eigenvalue weighted by Crippen LogP contribution is 2.26. The fraction of sp³-hybridized carbons (Fsp3) is 0.538. The van der Waals surface area contributed by atoms with Crippen LogP contribution >= 0.6 is 23.2 Å². The molecule has 1 rings (SSSR count). The first-order chi connectivity index (χ1) is 7.65. The van der Waals surface area contributed by atoms with Crippen LogP contribution in [0.2, 0.25) is 10.0 Å². The van der Waals surface area contributed by atoms with E-state index in [1.165, 1.54) is 0 Å². The summed E-state index contributed by atoms with van der Waals surface area (Å²) in [5.74, 6) is 0.646. The highest BCUT2D eigenvalue weighted by molar-refractivity contribution is 6.35. The van der Waals surface area contributed by atoms with Crippen molar-refractivity contribution in [3.8, 4) is 0 Å². The lowest BCUT2D eigenvalue weighted by Crippen LogP contribution is -2.20. The molecule has 0 aliphatic heterocycles. The molecule has 0 fully saturated rings. The summed E-state index contributed by atoms with van der Waals surface area (Å²) in [5.41, 5.74) is 1.08. The molecule has 1 N–H and O–H groups in total. The standard InChI is InChI=1S/C13H19Cl2N/c1-3-16-9-10(2)7-8-11-12(14)5-4-6-13(11)15/h4-6,10,16H,3,7-9H2,1-2H3. The summed E-state index contributed by atoms with van der Waals surface area (Å²) in [4.78, 5) is 0. The third-order valence-corrected chi connectivity index (χ3v) is 3.40. The summed E-state index contributed by atoms with van der Waals surface area (Å²) in [6, 6.07) is 5.69. The van der Waals surface area contributed by atoms with Gasteiger partial charge < -0.3 is 5.32 Å². The van der Waals surface area contributed by atoms with Crippen molar-refractivity contribution in [2.24, 2.45) is 5.92 Å². The van der Waals surface area contributed by atoms with Crippen LogP contribution in [0.3, 0.4) is 0 Å². The van der Waals surface area contributed by atoms with E-state index in [4.69, 9.17) is 23.2 Å². The Morgan fingerprint density at radius 2 is 1.88 bits per heavy atom. The van der Waals surface area contributed by atoms with E-state index < -0.39 is 0 Å². The molecule has 0 spiro atoms. The van der Waals surface area contributed by atoms with Crippen molar-refractivity contribution < 1.29 is 0 Å². The first kappa shape index (κ1) is 13.8. The summed E-state index contributed by atoms with van der Waals surface area (Å²) in [6.07, 6.45) is 2.06. The van der Waals surface area contributed by atoms with Gasteiger partial charge >= 0.3 is 0 Å². The summed E-state index contributed by atoms with van der Waals surface area (Å²) >= 11 is 12.2. The third kappa shape index (κ3) is 4.32. The van der Waals surface area contributed by atoms with Crippen molar-refractivity contribution >= 4 is 23.2 Å². The largest absolute Gasteiger partial charge is 0.317 e. The minimum Gasteiger partial charge on any atom is -0.317 e. The second kappa shape index (κ2) is 7.16. The van der Waals surface area contributed by atoms with Gasteiger partial charge in [0.1, 0.15) is 0 Å². The van der Waals surface area contributed by atoms with Gasteiger partial charge in [-0.05, 0) is 49.5 Å². The van der Waals surface area contributed by atoms with Gasteiger partial charge in [0.25, 0.3) is 0 Å². The normalized spacial score (nSPS) is 12.8. The van der Waals surface area contributed by atoms with Crippen molar-refractivity contribution in [2.75, 3.05) is 13.1 Å². The lowest BCUT2D eigenvalue weighted by molar-refractivity contribution is 0.489. The predicted molar refractivity (Wildman–Crippen MR) is 72.5 cm³/mol. The van der Waals surface area contributed by atoms with Gasteiger partial charge in [0, 0.05) is 10.0 Å². The van der Waals surface area contributed by atoms with Gasteiger partial charge in [-0.25, -0.2) is 0 Å². The monoisotopic (exact) mass is 259 g/mol. The zero-order valence-corrected chi connectivity index (χ0v) is 11.4. The van der Waals surface area contributed by atoms with Crippen LogP contribution in [0.1, 0.15) is 25.8 Å². The molecule has 0 aromatic heterocycles. The van der Waals surface area contributed by atoms with Crippen LogP contribution in [-0.2, 0) is 6.42 Å². The quantitative estimate of drug-likeness (QED) is 0.809. The van der Waals surface area contributed by atoms with Gasteiger partial charge in [-0.15, -0.1) is 0 Å². The van der Waals surface area contributed by atoms with E-state index in [1.54, 1.807) is 0 Å². The molecule has 0 radical (unpaired) electrons. The molecular weight excluding hydrogens is 241 g/mol. The van der Waals surface area contributed by atoms with E-state index in [1.807, 2.05) is 18.2 Å². The number of benzene rings is 1. The second-order valence-corrected chi connectivity index (χ2v) is 4.97. The van der Waals surface area contributed by atoms with Gasteiger partial charge in [0.2, 0.25) is 0 Å². The van der Waals surface area contributed by atoms with Crippen LogP contribution in [0, 0.1) is 5.92 Å². The maximum atomic E-state index is 6.12. The van der Waals surface area contributed by atoms with Crippen LogP contribution in [0.15, 0.2) is 18.2 Å². The van der Waals surface area contributed by atoms with Crippen LogP contribution in [0.4, 0.5) is 0 Å². The Hall–Kier alpha value is -0.240. The molecule has 0 heterocycles. The molecule has 3 heteroatoms. The molecule has 1 nitrogen and oxygen atoms in total. The molecule has 0 saturated carbocycles. The Kier molecular flexibility index (Phi) is 6.18. The molecular formula is C13H19Cl2N. The van der Waals surface area contributed by atoms with E-state index in [2.05, 4.69) is 19.2 Å². The van der Waals surface area contributed by atoms with Gasteiger partial charge in [-0.2, -0.15) is 0 Å². The number of nitrogens with one attached hydrogen (secondary N) is 1. The number of halogens is 2. The fourth-order valence-electron chi connectivity index (χ4n) is 1.65. The van der Waals surface area contributed by atoms with Gasteiger partial charge in [0.05, 0.1) is 0 Å². The molecule has 1 aromatic rings. The smallest absolute Gasteiger partial charge is 0.0452 e. The first-order valence-corrected chi connectivity index (χ1v) is 6.54. The van der Waals surface area contributed by atoms with Crippen molar-refractivity contribution in [1.82, 2.24) is 5.32 Å². The molecule has 90 valence electrons. The Morgan fingerprint density at radius 1 is 1.25 bits per heavy atom. The van der Waals surface area contributed by atoms with Crippen LogP contribution in [0.5, 0.6) is 0 Å². The average Bonchev–Trinajstić information content (AvgIpc) is 2.25. The Balaban J connectivity index is 2.48. The number of hydrogen-bond acceptors (Lipinski definition) is 1. The second-order valence-electron chi connectivity index (χ2n) is 4.15. The number of hydrogen-bond donors (Lipinski definition) is 1. The molecule has 1 atom stereocenters. The van der Waals surface area contributed by atoms with E-state index in [0.29, 0.717) is 5.92 Å². The Labute approximate surface area is 108 Å². The lowest BCUT2D eigenvalue weighted by Gasteiger charge is -2.13. The van der Waals surface area contributed by atoms with E-state index >= 15 is 0 Å². The molecule has 0 bridgehead atoms. The van der Waals surface area contributed by atoms with E-state index in [0.717, 1.165) is 41.5 Å². The predicted octanol–water partition coefficient (Wildman–Crippen LogP) is 4.17. The maximum Gasteiger partial charge on any atom is 0.0452 e. The third-order valence-electron chi connectivity index (χ3n) is 2.69. The van der Waals surface area contributed by atoms with Crippen molar-refractivity contribution in [2.45, 2.75) is 26.7 Å². The van der Waals surface area contributed by atoms with Gasteiger partial charge in [0.15, 0.2) is 0 Å². The van der Waals surface area contributed by atoms with E-state index in [9.17, 15) is 0 Å². The zero-order valence-electron chi connectivity index (χ0n) is 9.89. The number of rotatable bonds is 6. The van der Waals surface area contributed by atoms with Crippen LogP contribution in [0.25, 0.3) is 0 Å². The van der Waals surface area contributed by atoms with Crippen LogP contribution < -0.4 is 5.32 Å². The Bertz CT molecular complexity index is 305. The SMILES string of the molecule is CCNCC(C)CCc1c(Cl)cccc1Cl. The molecule has 1 unspecified atom stereocenters. The lowest BCUT2D eigenvalue weighted by atomic mass is 10.0. The summed E-state index contributed by atoms with van der Waals surface area (Å²) in [6.45, 7) is 6.45. The highest BCUT2D eigenvalue weighted by Gasteiger charge is 2.07. The zero-order chi connectivity index (χ0) is 12.0. The van der Waals surface area contributed by atoms with E-state index in [-0.39, 0.29) is 0 Å². The molecule has 0 amide bonds. The first-order valence-electron chi connectivity index (χ1n) is 5.78. The highest BCUT2D eigenvalue weighted by atomic mass is 35.5. The average molecular weight is 260 g/mol. The topological polar surface area (TPSA) is 12.0 Å². The molecule has 0 aliphatic rings. The van der Waals surface area contributed by atoms with Crippen molar-refractivity contribution in [1.29, 1.82) is 0 Å². The van der Waals surface area contributed by atoms with Crippen molar-refractivity contribution in [3.05, 3.63) is 33.8 Å². The minimum absolute atomic E-state index is 0.646. The summed E-state index contributed by atoms with van der Waals surface area (Å²) in [5, 5.41) is 4.91. The molecule has 0 aliphatic carbocycles. The minimum atomic E-state index is 0.646. The van der Waals surface area contributed by atoms with Crippen molar-refractivity contribution in [3.63, 3.8) is 0 Å². The fourth-order valence-corrected chi connectivity index (χ4v) is 2.24.